The van der Waals surface area contributed by atoms with Crippen molar-refractivity contribution in [1.82, 2.24) is 20.4 Å². The van der Waals surface area contributed by atoms with E-state index in [0.29, 0.717) is 36.4 Å². The summed E-state index contributed by atoms with van der Waals surface area (Å²) in [6.45, 7) is 5.53. The molecule has 0 unspecified atom stereocenters. The lowest BCUT2D eigenvalue weighted by Gasteiger charge is -2.33. The fraction of sp³-hybridized carbons (Fsp3) is 0.500. The zero-order valence-corrected chi connectivity index (χ0v) is 15.6. The number of urea groups is 1. The number of nitrogens with zero attached hydrogens (tertiary/aromatic N) is 3. The van der Waals surface area contributed by atoms with Crippen molar-refractivity contribution in [2.24, 2.45) is 0 Å². The maximum absolute atomic E-state index is 12.5. The molecule has 1 aliphatic rings. The molecule has 1 saturated heterocycles. The zero-order chi connectivity index (χ0) is 20.3. The Morgan fingerprint density at radius 2 is 1.86 bits per heavy atom. The standard InChI is InChI=1S/C18H22F3N5O2/c1-11(2)22-14-7-9-26(10-8-14)17(27)23-13-5-3-12(4-6-13)15-24-16(28-25-15)18(19,20)21/h3-6,11,14,22H,7-10H2,1-2H3,(H,23,27). The van der Waals surface area contributed by atoms with Crippen LogP contribution in [0.3, 0.4) is 0 Å². The fourth-order valence-corrected chi connectivity index (χ4v) is 3.08. The second-order valence-electron chi connectivity index (χ2n) is 7.01. The number of benzene rings is 1. The molecule has 0 atom stereocenters. The molecular formula is C18H22F3N5O2. The summed E-state index contributed by atoms with van der Waals surface area (Å²) in [5, 5.41) is 9.61. The Bertz CT molecular complexity index is 796. The number of carbonyl (C=O) groups is 1. The van der Waals surface area contributed by atoms with Crippen molar-refractivity contribution in [1.29, 1.82) is 0 Å². The van der Waals surface area contributed by atoms with E-state index in [1.165, 1.54) is 12.1 Å². The number of aromatic nitrogens is 2. The van der Waals surface area contributed by atoms with Gasteiger partial charge < -0.3 is 20.1 Å². The van der Waals surface area contributed by atoms with Crippen molar-refractivity contribution in [3.8, 4) is 11.4 Å². The van der Waals surface area contributed by atoms with Crippen LogP contribution in [0.4, 0.5) is 23.7 Å². The lowest BCUT2D eigenvalue weighted by molar-refractivity contribution is -0.159. The molecule has 1 fully saturated rings. The van der Waals surface area contributed by atoms with Gasteiger partial charge in [-0.05, 0) is 37.1 Å². The van der Waals surface area contributed by atoms with Crippen LogP contribution in [0, 0.1) is 0 Å². The normalized spacial score (nSPS) is 15.9. The van der Waals surface area contributed by atoms with E-state index in [1.54, 1.807) is 17.0 Å². The monoisotopic (exact) mass is 397 g/mol. The van der Waals surface area contributed by atoms with E-state index in [2.05, 4.69) is 39.1 Å². The first kappa shape index (κ1) is 20.1. The van der Waals surface area contributed by atoms with Crippen LogP contribution in [0.5, 0.6) is 0 Å². The number of nitrogens with one attached hydrogen (secondary N) is 2. The molecule has 0 saturated carbocycles. The van der Waals surface area contributed by atoms with Crippen molar-refractivity contribution in [3.05, 3.63) is 30.2 Å². The molecule has 152 valence electrons. The molecule has 0 aliphatic carbocycles. The van der Waals surface area contributed by atoms with Crippen LogP contribution in [0.25, 0.3) is 11.4 Å². The van der Waals surface area contributed by atoms with Crippen LogP contribution in [0.1, 0.15) is 32.6 Å². The molecule has 0 radical (unpaired) electrons. The highest BCUT2D eigenvalue weighted by atomic mass is 19.4. The van der Waals surface area contributed by atoms with Gasteiger partial charge >= 0.3 is 18.1 Å². The highest BCUT2D eigenvalue weighted by Crippen LogP contribution is 2.29. The Kier molecular flexibility index (Phi) is 5.87. The summed E-state index contributed by atoms with van der Waals surface area (Å²) in [7, 11) is 0. The predicted molar refractivity (Wildman–Crippen MR) is 96.6 cm³/mol. The maximum Gasteiger partial charge on any atom is 0.471 e. The summed E-state index contributed by atoms with van der Waals surface area (Å²) in [5.74, 6) is -1.56. The third kappa shape index (κ3) is 5.00. The second kappa shape index (κ2) is 8.17. The van der Waals surface area contributed by atoms with E-state index in [4.69, 9.17) is 0 Å². The molecule has 2 aromatic rings. The molecule has 2 amide bonds. The third-order valence-corrected chi connectivity index (χ3v) is 4.41. The average Bonchev–Trinajstić information content (AvgIpc) is 3.13. The summed E-state index contributed by atoms with van der Waals surface area (Å²) in [6.07, 6.45) is -2.90. The number of amides is 2. The molecular weight excluding hydrogens is 375 g/mol. The van der Waals surface area contributed by atoms with Gasteiger partial charge in [-0.3, -0.25) is 0 Å². The highest BCUT2D eigenvalue weighted by Gasteiger charge is 2.38. The Hall–Kier alpha value is -2.62. The molecule has 0 spiro atoms. The average molecular weight is 397 g/mol. The number of likely N-dealkylation sites (tertiary alicyclic amines) is 1. The first-order chi connectivity index (χ1) is 13.2. The summed E-state index contributed by atoms with van der Waals surface area (Å²) < 4.78 is 41.8. The van der Waals surface area contributed by atoms with Crippen molar-refractivity contribution >= 4 is 11.7 Å². The van der Waals surface area contributed by atoms with Gasteiger partial charge in [0.05, 0.1) is 0 Å². The molecule has 1 aromatic heterocycles. The lowest BCUT2D eigenvalue weighted by Crippen LogP contribution is -2.47. The minimum Gasteiger partial charge on any atom is -0.329 e. The van der Waals surface area contributed by atoms with Crippen LogP contribution < -0.4 is 10.6 Å². The van der Waals surface area contributed by atoms with Crippen molar-refractivity contribution in [2.45, 2.75) is 44.9 Å². The van der Waals surface area contributed by atoms with Gasteiger partial charge in [0.15, 0.2) is 0 Å². The van der Waals surface area contributed by atoms with Crippen molar-refractivity contribution < 1.29 is 22.5 Å². The van der Waals surface area contributed by atoms with E-state index in [9.17, 15) is 18.0 Å². The molecule has 2 N–H and O–H groups in total. The highest BCUT2D eigenvalue weighted by molar-refractivity contribution is 5.89. The van der Waals surface area contributed by atoms with Gasteiger partial charge in [0, 0.05) is 36.4 Å². The van der Waals surface area contributed by atoms with Crippen LogP contribution in [0.2, 0.25) is 0 Å². The van der Waals surface area contributed by atoms with Crippen LogP contribution in [-0.4, -0.2) is 46.2 Å². The van der Waals surface area contributed by atoms with Crippen LogP contribution in [-0.2, 0) is 6.18 Å². The van der Waals surface area contributed by atoms with E-state index < -0.39 is 12.1 Å². The summed E-state index contributed by atoms with van der Waals surface area (Å²) in [6, 6.07) is 6.86. The molecule has 3 rings (SSSR count). The minimum atomic E-state index is -4.68. The van der Waals surface area contributed by atoms with Gasteiger partial charge in [0.2, 0.25) is 5.82 Å². The van der Waals surface area contributed by atoms with Crippen molar-refractivity contribution in [3.63, 3.8) is 0 Å². The zero-order valence-electron chi connectivity index (χ0n) is 15.6. The summed E-state index contributed by atoms with van der Waals surface area (Å²) in [4.78, 5) is 17.5. The van der Waals surface area contributed by atoms with E-state index >= 15 is 0 Å². The smallest absolute Gasteiger partial charge is 0.329 e. The Labute approximate surface area is 160 Å². The van der Waals surface area contributed by atoms with Gasteiger partial charge in [-0.25, -0.2) is 4.79 Å². The Morgan fingerprint density at radius 3 is 2.39 bits per heavy atom. The van der Waals surface area contributed by atoms with Gasteiger partial charge in [0.25, 0.3) is 0 Å². The quantitative estimate of drug-likeness (QED) is 0.821. The van der Waals surface area contributed by atoms with E-state index in [-0.39, 0.29) is 11.9 Å². The van der Waals surface area contributed by atoms with Crippen molar-refractivity contribution in [2.75, 3.05) is 18.4 Å². The van der Waals surface area contributed by atoms with Crippen LogP contribution >= 0.6 is 0 Å². The summed E-state index contributed by atoms with van der Waals surface area (Å²) in [5.41, 5.74) is 0.897. The number of hydrogen-bond donors (Lipinski definition) is 2. The molecule has 2 heterocycles. The lowest BCUT2D eigenvalue weighted by atomic mass is 10.0. The molecule has 28 heavy (non-hydrogen) atoms. The van der Waals surface area contributed by atoms with Crippen LogP contribution in [0.15, 0.2) is 28.8 Å². The molecule has 7 nitrogen and oxygen atoms in total. The number of halogens is 3. The first-order valence-electron chi connectivity index (χ1n) is 9.05. The molecule has 10 heteroatoms. The number of carbonyl (C=O) groups excluding carboxylic acids is 1. The number of hydrogen-bond acceptors (Lipinski definition) is 5. The number of anilines is 1. The number of rotatable bonds is 4. The Balaban J connectivity index is 1.56. The van der Waals surface area contributed by atoms with Gasteiger partial charge in [-0.2, -0.15) is 18.2 Å². The second-order valence-corrected chi connectivity index (χ2v) is 7.01. The predicted octanol–water partition coefficient (Wildman–Crippen LogP) is 3.75. The first-order valence-corrected chi connectivity index (χ1v) is 9.05. The van der Waals surface area contributed by atoms with Gasteiger partial charge in [0.1, 0.15) is 0 Å². The third-order valence-electron chi connectivity index (χ3n) is 4.41. The fourth-order valence-electron chi connectivity index (χ4n) is 3.08. The minimum absolute atomic E-state index is 0.162. The largest absolute Gasteiger partial charge is 0.471 e. The number of alkyl halides is 3. The Morgan fingerprint density at radius 1 is 1.21 bits per heavy atom. The van der Waals surface area contributed by atoms with Gasteiger partial charge in [-0.15, -0.1) is 0 Å². The van der Waals surface area contributed by atoms with E-state index in [1.807, 2.05) is 0 Å². The molecule has 0 bridgehead atoms. The molecule has 1 aliphatic heterocycles. The topological polar surface area (TPSA) is 83.3 Å². The molecule has 1 aromatic carbocycles. The van der Waals surface area contributed by atoms with E-state index in [0.717, 1.165) is 12.8 Å². The maximum atomic E-state index is 12.5. The summed E-state index contributed by atoms with van der Waals surface area (Å²) >= 11 is 0. The SMILES string of the molecule is CC(C)NC1CCN(C(=O)Nc2ccc(-c3noc(C(F)(F)F)n3)cc2)CC1. The van der Waals surface area contributed by atoms with Gasteiger partial charge in [-0.1, -0.05) is 19.0 Å². The number of piperidine rings is 1.